The summed E-state index contributed by atoms with van der Waals surface area (Å²) < 4.78 is 2.20. The average Bonchev–Trinajstić information content (AvgIpc) is 3.08. The van der Waals surface area contributed by atoms with Crippen LogP contribution in [0, 0.1) is 20.8 Å². The maximum Gasteiger partial charge on any atom is 0.252 e. The summed E-state index contributed by atoms with van der Waals surface area (Å²) in [4.78, 5) is 13.1. The maximum absolute atomic E-state index is 13.1. The van der Waals surface area contributed by atoms with E-state index in [1.807, 2.05) is 60.7 Å². The number of hydrogen-bond donors (Lipinski definition) is 1. The van der Waals surface area contributed by atoms with Crippen LogP contribution in [0.5, 0.6) is 0 Å². The predicted octanol–water partition coefficient (Wildman–Crippen LogP) is 5.68. The Bertz CT molecular complexity index is 1200. The van der Waals surface area contributed by atoms with Crippen molar-refractivity contribution in [3.05, 3.63) is 125 Å². The third-order valence-electron chi connectivity index (χ3n) is 5.64. The number of hydrogen-bond acceptors (Lipinski definition) is 2. The molecule has 0 radical (unpaired) electrons. The fraction of sp³-hybridized carbons (Fsp3) is 0.143. The Kier molecular flexibility index (Phi) is 6.31. The summed E-state index contributed by atoms with van der Waals surface area (Å²) >= 11 is 0. The number of amides is 1. The van der Waals surface area contributed by atoms with Gasteiger partial charge in [0.05, 0.1) is 12.1 Å². The first-order valence-electron chi connectivity index (χ1n) is 10.7. The van der Waals surface area contributed by atoms with Gasteiger partial charge in [0.15, 0.2) is 0 Å². The highest BCUT2D eigenvalue weighted by Crippen LogP contribution is 2.25. The summed E-state index contributed by atoms with van der Waals surface area (Å²) in [6, 6.07) is 30.0. The molecule has 32 heavy (non-hydrogen) atoms. The lowest BCUT2D eigenvalue weighted by Crippen LogP contribution is -2.26. The summed E-state index contributed by atoms with van der Waals surface area (Å²) in [5, 5.41) is 4.30. The van der Waals surface area contributed by atoms with E-state index >= 15 is 0 Å². The standard InChI is InChI=1S/C28H27N3O/c1-20-11-10-16-26(17-20)31-21(2)18-25(22(31)3)19-29-30-28(32)27(23-12-6-4-7-13-23)24-14-8-5-9-15-24/h4-19,27H,1-3H3,(H,30,32)/b29-19-. The van der Waals surface area contributed by atoms with Crippen LogP contribution in [0.2, 0.25) is 0 Å². The second kappa shape index (κ2) is 9.48. The topological polar surface area (TPSA) is 46.4 Å². The molecule has 0 atom stereocenters. The van der Waals surface area contributed by atoms with Gasteiger partial charge in [0.25, 0.3) is 5.91 Å². The lowest BCUT2D eigenvalue weighted by Gasteiger charge is -2.16. The molecule has 0 aliphatic rings. The van der Waals surface area contributed by atoms with E-state index in [4.69, 9.17) is 0 Å². The zero-order valence-corrected chi connectivity index (χ0v) is 18.6. The van der Waals surface area contributed by atoms with Gasteiger partial charge in [-0.25, -0.2) is 5.43 Å². The van der Waals surface area contributed by atoms with Crippen molar-refractivity contribution in [3.63, 3.8) is 0 Å². The molecule has 0 aliphatic heterocycles. The summed E-state index contributed by atoms with van der Waals surface area (Å²) in [7, 11) is 0. The summed E-state index contributed by atoms with van der Waals surface area (Å²) in [5.74, 6) is -0.583. The van der Waals surface area contributed by atoms with Gasteiger partial charge in [-0.1, -0.05) is 72.8 Å². The highest BCUT2D eigenvalue weighted by atomic mass is 16.2. The first-order valence-corrected chi connectivity index (χ1v) is 10.7. The van der Waals surface area contributed by atoms with Crippen molar-refractivity contribution in [1.82, 2.24) is 9.99 Å². The van der Waals surface area contributed by atoms with Crippen molar-refractivity contribution in [2.75, 3.05) is 0 Å². The molecule has 1 aromatic heterocycles. The van der Waals surface area contributed by atoms with Gasteiger partial charge >= 0.3 is 0 Å². The fourth-order valence-corrected chi connectivity index (χ4v) is 4.10. The zero-order valence-electron chi connectivity index (χ0n) is 18.6. The number of nitrogens with zero attached hydrogens (tertiary/aromatic N) is 2. The average molecular weight is 422 g/mol. The number of carbonyl (C=O) groups excluding carboxylic acids is 1. The van der Waals surface area contributed by atoms with Crippen molar-refractivity contribution in [1.29, 1.82) is 0 Å². The molecule has 3 aromatic carbocycles. The molecule has 4 nitrogen and oxygen atoms in total. The van der Waals surface area contributed by atoms with Crippen molar-refractivity contribution in [2.24, 2.45) is 5.10 Å². The molecule has 0 aliphatic carbocycles. The van der Waals surface area contributed by atoms with E-state index in [1.54, 1.807) is 6.21 Å². The monoisotopic (exact) mass is 421 g/mol. The van der Waals surface area contributed by atoms with Gasteiger partial charge in [-0.15, -0.1) is 0 Å². The summed E-state index contributed by atoms with van der Waals surface area (Å²) in [6.07, 6.45) is 1.72. The molecular weight excluding hydrogens is 394 g/mol. The number of rotatable bonds is 6. The maximum atomic E-state index is 13.1. The van der Waals surface area contributed by atoms with Gasteiger partial charge < -0.3 is 4.57 Å². The van der Waals surface area contributed by atoms with Crippen LogP contribution in [0.15, 0.2) is 96.1 Å². The number of aryl methyl sites for hydroxylation is 2. The quantitative estimate of drug-likeness (QED) is 0.316. The van der Waals surface area contributed by atoms with Gasteiger partial charge in [0.1, 0.15) is 0 Å². The highest BCUT2D eigenvalue weighted by molar-refractivity contribution is 5.89. The van der Waals surface area contributed by atoms with E-state index in [0.29, 0.717) is 0 Å². The van der Waals surface area contributed by atoms with E-state index in [0.717, 1.165) is 33.8 Å². The van der Waals surface area contributed by atoms with Crippen molar-refractivity contribution < 1.29 is 4.79 Å². The van der Waals surface area contributed by atoms with Crippen LogP contribution in [0.25, 0.3) is 5.69 Å². The van der Waals surface area contributed by atoms with Crippen LogP contribution in [0.4, 0.5) is 0 Å². The van der Waals surface area contributed by atoms with Gasteiger partial charge in [-0.2, -0.15) is 5.10 Å². The van der Waals surface area contributed by atoms with Crippen LogP contribution in [-0.2, 0) is 4.79 Å². The number of nitrogens with one attached hydrogen (secondary N) is 1. The lowest BCUT2D eigenvalue weighted by molar-refractivity contribution is -0.121. The Morgan fingerprint density at radius 2 is 1.47 bits per heavy atom. The number of carbonyl (C=O) groups is 1. The van der Waals surface area contributed by atoms with Crippen molar-refractivity contribution >= 4 is 12.1 Å². The van der Waals surface area contributed by atoms with Crippen LogP contribution in [0.1, 0.15) is 39.6 Å². The van der Waals surface area contributed by atoms with Gasteiger partial charge in [-0.3, -0.25) is 4.79 Å². The van der Waals surface area contributed by atoms with Crippen molar-refractivity contribution in [3.8, 4) is 5.69 Å². The predicted molar refractivity (Wildman–Crippen MR) is 130 cm³/mol. The second-order valence-corrected chi connectivity index (χ2v) is 7.99. The Morgan fingerprint density at radius 3 is 2.06 bits per heavy atom. The lowest BCUT2D eigenvalue weighted by atomic mass is 9.91. The van der Waals surface area contributed by atoms with E-state index in [2.05, 4.69) is 66.2 Å². The molecule has 0 unspecified atom stereocenters. The minimum atomic E-state index is -0.422. The minimum Gasteiger partial charge on any atom is -0.318 e. The molecule has 0 spiro atoms. The Hall–Kier alpha value is -3.92. The minimum absolute atomic E-state index is 0.161. The third-order valence-corrected chi connectivity index (χ3v) is 5.64. The van der Waals surface area contributed by atoms with E-state index in [9.17, 15) is 4.79 Å². The van der Waals surface area contributed by atoms with Gasteiger partial charge in [-0.05, 0) is 55.7 Å². The molecule has 1 heterocycles. The zero-order chi connectivity index (χ0) is 22.5. The normalized spacial score (nSPS) is 11.2. The number of aromatic nitrogens is 1. The molecule has 160 valence electrons. The summed E-state index contributed by atoms with van der Waals surface area (Å²) in [6.45, 7) is 6.23. The van der Waals surface area contributed by atoms with E-state index in [1.165, 1.54) is 5.56 Å². The fourth-order valence-electron chi connectivity index (χ4n) is 4.10. The molecule has 4 aromatic rings. The Balaban J connectivity index is 1.57. The molecule has 4 heteroatoms. The molecule has 1 N–H and O–H groups in total. The summed E-state index contributed by atoms with van der Waals surface area (Å²) in [5.41, 5.74) is 10.1. The van der Waals surface area contributed by atoms with Gasteiger partial charge in [0, 0.05) is 22.6 Å². The Labute approximate surface area is 189 Å². The molecule has 1 amide bonds. The van der Waals surface area contributed by atoms with Crippen LogP contribution in [-0.4, -0.2) is 16.7 Å². The molecule has 0 saturated heterocycles. The van der Waals surface area contributed by atoms with Gasteiger partial charge in [0.2, 0.25) is 0 Å². The first-order chi connectivity index (χ1) is 15.5. The van der Waals surface area contributed by atoms with Crippen LogP contribution < -0.4 is 5.43 Å². The molecule has 0 saturated carbocycles. The molecule has 0 fully saturated rings. The van der Waals surface area contributed by atoms with Crippen LogP contribution in [0.3, 0.4) is 0 Å². The SMILES string of the molecule is Cc1cccc(-n2c(C)cc(/C=N\NC(=O)C(c3ccccc3)c3ccccc3)c2C)c1. The van der Waals surface area contributed by atoms with Crippen LogP contribution >= 0.6 is 0 Å². The van der Waals surface area contributed by atoms with Crippen molar-refractivity contribution in [2.45, 2.75) is 26.7 Å². The Morgan fingerprint density at radius 1 is 0.844 bits per heavy atom. The first kappa shape index (κ1) is 21.3. The second-order valence-electron chi connectivity index (χ2n) is 7.99. The third kappa shape index (κ3) is 4.54. The smallest absolute Gasteiger partial charge is 0.252 e. The number of hydrazone groups is 1. The molecular formula is C28H27N3O. The molecule has 0 bridgehead atoms. The largest absolute Gasteiger partial charge is 0.318 e. The molecule has 4 rings (SSSR count). The van der Waals surface area contributed by atoms with E-state index in [-0.39, 0.29) is 5.91 Å². The number of benzene rings is 3. The highest BCUT2D eigenvalue weighted by Gasteiger charge is 2.22. The van der Waals surface area contributed by atoms with E-state index < -0.39 is 5.92 Å².